The standard InChI is InChI=1S/C22H26N4O4/c1-14-8-10-25(11-9-14)17(27)12-16-18-19(23-20(16)28)26(22(30)24(2)21(18)29)13-15-6-4-3-5-7-15/h3-7,14,16H,8-13H2,1-2H3,(H,23,28)/t16-/m1/s1. The van der Waals surface area contributed by atoms with E-state index in [1.54, 1.807) is 4.90 Å². The number of likely N-dealkylation sites (tertiary alicyclic amines) is 1. The van der Waals surface area contributed by atoms with Gasteiger partial charge in [-0.15, -0.1) is 0 Å². The van der Waals surface area contributed by atoms with Crippen LogP contribution >= 0.6 is 0 Å². The summed E-state index contributed by atoms with van der Waals surface area (Å²) in [5.74, 6) is -0.620. The van der Waals surface area contributed by atoms with Crippen LogP contribution in [-0.4, -0.2) is 38.9 Å². The van der Waals surface area contributed by atoms with Gasteiger partial charge in [-0.1, -0.05) is 37.3 Å². The first kappa shape index (κ1) is 20.1. The normalized spacial score (nSPS) is 18.9. The van der Waals surface area contributed by atoms with Crippen molar-refractivity contribution in [2.45, 2.75) is 38.6 Å². The Hall–Kier alpha value is -3.16. The molecule has 0 saturated carbocycles. The van der Waals surface area contributed by atoms with Crippen LogP contribution in [0.25, 0.3) is 0 Å². The average molecular weight is 410 g/mol. The summed E-state index contributed by atoms with van der Waals surface area (Å²) in [5, 5.41) is 2.70. The Labute approximate surface area is 174 Å². The van der Waals surface area contributed by atoms with Gasteiger partial charge in [0.05, 0.1) is 18.0 Å². The number of piperidine rings is 1. The van der Waals surface area contributed by atoms with Gasteiger partial charge >= 0.3 is 5.69 Å². The van der Waals surface area contributed by atoms with Gasteiger partial charge in [0.2, 0.25) is 11.8 Å². The lowest BCUT2D eigenvalue weighted by Gasteiger charge is -2.30. The number of amides is 2. The van der Waals surface area contributed by atoms with E-state index < -0.39 is 23.1 Å². The van der Waals surface area contributed by atoms with Gasteiger partial charge in [0.1, 0.15) is 5.82 Å². The van der Waals surface area contributed by atoms with Crippen molar-refractivity contribution in [3.8, 4) is 0 Å². The highest BCUT2D eigenvalue weighted by Gasteiger charge is 2.39. The van der Waals surface area contributed by atoms with Gasteiger partial charge in [-0.2, -0.15) is 0 Å². The van der Waals surface area contributed by atoms with Crippen molar-refractivity contribution in [1.29, 1.82) is 0 Å². The molecule has 2 aliphatic heterocycles. The fourth-order valence-corrected chi connectivity index (χ4v) is 4.24. The van der Waals surface area contributed by atoms with E-state index in [0.717, 1.165) is 23.0 Å². The van der Waals surface area contributed by atoms with Crippen LogP contribution in [-0.2, 0) is 23.2 Å². The van der Waals surface area contributed by atoms with Gasteiger partial charge in [0.15, 0.2) is 0 Å². The molecule has 0 spiro atoms. The summed E-state index contributed by atoms with van der Waals surface area (Å²) in [6.07, 6.45) is 1.82. The van der Waals surface area contributed by atoms with Crippen LogP contribution in [0.3, 0.4) is 0 Å². The van der Waals surface area contributed by atoms with E-state index in [-0.39, 0.29) is 30.3 Å². The summed E-state index contributed by atoms with van der Waals surface area (Å²) < 4.78 is 2.42. The van der Waals surface area contributed by atoms with Crippen molar-refractivity contribution in [2.24, 2.45) is 13.0 Å². The van der Waals surface area contributed by atoms with Crippen molar-refractivity contribution in [3.05, 3.63) is 62.3 Å². The molecule has 0 aliphatic carbocycles. The van der Waals surface area contributed by atoms with E-state index >= 15 is 0 Å². The molecule has 8 heteroatoms. The summed E-state index contributed by atoms with van der Waals surface area (Å²) in [5.41, 5.74) is 0.0519. The fourth-order valence-electron chi connectivity index (χ4n) is 4.24. The molecule has 2 aromatic rings. The molecule has 0 radical (unpaired) electrons. The van der Waals surface area contributed by atoms with Crippen molar-refractivity contribution >= 4 is 17.6 Å². The highest BCUT2D eigenvalue weighted by atomic mass is 16.2. The van der Waals surface area contributed by atoms with Gasteiger partial charge < -0.3 is 10.2 Å². The van der Waals surface area contributed by atoms with E-state index in [1.165, 1.54) is 11.6 Å². The van der Waals surface area contributed by atoms with Crippen LogP contribution in [0, 0.1) is 5.92 Å². The summed E-state index contributed by atoms with van der Waals surface area (Å²) >= 11 is 0. The number of rotatable bonds is 4. The van der Waals surface area contributed by atoms with Crippen LogP contribution in [0.5, 0.6) is 0 Å². The third-order valence-electron chi connectivity index (χ3n) is 6.18. The van der Waals surface area contributed by atoms with Gasteiger partial charge in [-0.3, -0.25) is 23.5 Å². The lowest BCUT2D eigenvalue weighted by atomic mass is 9.96. The average Bonchev–Trinajstić information content (AvgIpc) is 3.06. The predicted molar refractivity (Wildman–Crippen MR) is 112 cm³/mol. The molecule has 0 bridgehead atoms. The number of anilines is 1. The second-order valence-corrected chi connectivity index (χ2v) is 8.29. The second-order valence-electron chi connectivity index (χ2n) is 8.29. The Bertz CT molecular complexity index is 1090. The Balaban J connectivity index is 1.68. The quantitative estimate of drug-likeness (QED) is 0.822. The number of hydrogen-bond acceptors (Lipinski definition) is 4. The first-order valence-electron chi connectivity index (χ1n) is 10.3. The van der Waals surface area contributed by atoms with Crippen LogP contribution in [0.4, 0.5) is 5.82 Å². The smallest absolute Gasteiger partial charge is 0.332 e. The molecular formula is C22H26N4O4. The van der Waals surface area contributed by atoms with E-state index in [2.05, 4.69) is 12.2 Å². The molecule has 158 valence electrons. The number of nitrogens with zero attached hydrogens (tertiary/aromatic N) is 3. The molecule has 8 nitrogen and oxygen atoms in total. The van der Waals surface area contributed by atoms with Gasteiger partial charge in [0.25, 0.3) is 5.56 Å². The summed E-state index contributed by atoms with van der Waals surface area (Å²) in [7, 11) is 1.40. The van der Waals surface area contributed by atoms with E-state index in [1.807, 2.05) is 30.3 Å². The fraction of sp³-hybridized carbons (Fsp3) is 0.455. The molecular weight excluding hydrogens is 384 g/mol. The molecule has 1 N–H and O–H groups in total. The van der Waals surface area contributed by atoms with E-state index in [4.69, 9.17) is 0 Å². The van der Waals surface area contributed by atoms with Crippen molar-refractivity contribution in [1.82, 2.24) is 14.0 Å². The Morgan fingerprint density at radius 3 is 2.43 bits per heavy atom. The SMILES string of the molecule is CC1CCN(C(=O)C[C@H]2C(=O)Nc3c2c(=O)n(C)c(=O)n3Cc2ccccc2)CC1. The van der Waals surface area contributed by atoms with Crippen LogP contribution < -0.4 is 16.6 Å². The third kappa shape index (κ3) is 3.58. The third-order valence-corrected chi connectivity index (χ3v) is 6.18. The Morgan fingerprint density at radius 2 is 1.77 bits per heavy atom. The maximum Gasteiger partial charge on any atom is 0.332 e. The van der Waals surface area contributed by atoms with Crippen molar-refractivity contribution in [3.63, 3.8) is 0 Å². The molecule has 1 aromatic carbocycles. The number of hydrogen-bond donors (Lipinski definition) is 1. The molecule has 1 fully saturated rings. The Kier molecular flexibility index (Phi) is 5.32. The first-order valence-corrected chi connectivity index (χ1v) is 10.3. The molecule has 4 rings (SSSR count). The lowest BCUT2D eigenvalue weighted by Crippen LogP contribution is -2.41. The molecule has 2 aliphatic rings. The topological polar surface area (TPSA) is 93.4 Å². The van der Waals surface area contributed by atoms with Gasteiger partial charge in [-0.05, 0) is 24.3 Å². The maximum absolute atomic E-state index is 12.9. The van der Waals surface area contributed by atoms with Crippen LogP contribution in [0.1, 0.15) is 43.2 Å². The molecule has 3 heterocycles. The number of carbonyl (C=O) groups is 2. The minimum absolute atomic E-state index is 0.0635. The number of benzene rings is 1. The predicted octanol–water partition coefficient (Wildman–Crippen LogP) is 1.28. The minimum Gasteiger partial charge on any atom is -0.343 e. The molecule has 30 heavy (non-hydrogen) atoms. The molecule has 2 amide bonds. The maximum atomic E-state index is 12.9. The zero-order valence-corrected chi connectivity index (χ0v) is 17.3. The molecule has 1 saturated heterocycles. The molecule has 0 unspecified atom stereocenters. The molecule has 1 aromatic heterocycles. The number of nitrogens with one attached hydrogen (secondary N) is 1. The van der Waals surface area contributed by atoms with Gasteiger partial charge in [0, 0.05) is 26.6 Å². The second kappa shape index (κ2) is 7.93. The highest BCUT2D eigenvalue weighted by molar-refractivity contribution is 6.04. The monoisotopic (exact) mass is 410 g/mol. The van der Waals surface area contributed by atoms with Crippen molar-refractivity contribution < 1.29 is 9.59 Å². The highest BCUT2D eigenvalue weighted by Crippen LogP contribution is 2.32. The first-order chi connectivity index (χ1) is 14.4. The van der Waals surface area contributed by atoms with Gasteiger partial charge in [-0.25, -0.2) is 4.79 Å². The van der Waals surface area contributed by atoms with Crippen LogP contribution in [0.2, 0.25) is 0 Å². The lowest BCUT2D eigenvalue weighted by molar-refractivity contribution is -0.134. The summed E-state index contributed by atoms with van der Waals surface area (Å²) in [4.78, 5) is 53.0. The number of fused-ring (bicyclic) bond motifs is 1. The van der Waals surface area contributed by atoms with Crippen molar-refractivity contribution in [2.75, 3.05) is 18.4 Å². The van der Waals surface area contributed by atoms with Crippen LogP contribution in [0.15, 0.2) is 39.9 Å². The largest absolute Gasteiger partial charge is 0.343 e. The summed E-state index contributed by atoms with van der Waals surface area (Å²) in [6, 6.07) is 9.35. The zero-order valence-electron chi connectivity index (χ0n) is 17.3. The Morgan fingerprint density at radius 1 is 1.10 bits per heavy atom. The minimum atomic E-state index is -0.881. The number of aromatic nitrogens is 2. The molecule has 1 atom stereocenters. The number of carbonyl (C=O) groups excluding carboxylic acids is 2. The summed E-state index contributed by atoms with van der Waals surface area (Å²) in [6.45, 7) is 3.73. The zero-order chi connectivity index (χ0) is 21.4. The van der Waals surface area contributed by atoms with E-state index in [0.29, 0.717) is 19.0 Å². The van der Waals surface area contributed by atoms with E-state index in [9.17, 15) is 19.2 Å².